The van der Waals surface area contributed by atoms with Crippen LogP contribution in [0.1, 0.15) is 5.56 Å². The molecule has 0 aliphatic rings. The van der Waals surface area contributed by atoms with Crippen molar-refractivity contribution >= 4 is 128 Å². The van der Waals surface area contributed by atoms with E-state index >= 15 is 0 Å². The van der Waals surface area contributed by atoms with Gasteiger partial charge in [-0.25, -0.2) is 0 Å². The smallest absolute Gasteiger partial charge is 0.0952 e. The van der Waals surface area contributed by atoms with Gasteiger partial charge in [0.15, 0.2) is 4.33 Å². The molecule has 0 N–H and O–H groups in total. The van der Waals surface area contributed by atoms with Crippen LogP contribution in [0.3, 0.4) is 0 Å². The van der Waals surface area contributed by atoms with Gasteiger partial charge in [-0.15, -0.1) is 0 Å². The quantitative estimate of drug-likeness (QED) is 0.339. The maximum Gasteiger partial charge on any atom is 0.207 e. The fraction of sp³-hybridized carbons (Fsp3) is 0.455. The molecule has 0 radical (unpaired) electrons. The number of hydrogen-bond donors (Lipinski definition) is 0. The summed E-state index contributed by atoms with van der Waals surface area (Å²) in [6.07, 6.45) is 0. The zero-order chi connectivity index (χ0) is 17.6. The minimum absolute atomic E-state index is 0.210. The fourth-order valence-corrected chi connectivity index (χ4v) is 8.99. The largest absolute Gasteiger partial charge is 0.207 e. The molecule has 0 bridgehead atoms. The van der Waals surface area contributed by atoms with Crippen molar-refractivity contribution in [1.82, 2.24) is 0 Å². The van der Waals surface area contributed by atoms with Crippen molar-refractivity contribution in [2.45, 2.75) is 15.7 Å². The minimum atomic E-state index is -2.47. The Morgan fingerprint density at radius 2 is 0.818 bits per heavy atom. The molecule has 0 unspecified atom stereocenters. The van der Waals surface area contributed by atoms with Crippen LogP contribution in [0, 0.1) is 5.41 Å². The molecule has 0 aliphatic heterocycles. The van der Waals surface area contributed by atoms with E-state index in [-0.39, 0.29) is 5.56 Å². The van der Waals surface area contributed by atoms with Gasteiger partial charge < -0.3 is 0 Å². The van der Waals surface area contributed by atoms with E-state index in [1.807, 2.05) is 0 Å². The van der Waals surface area contributed by atoms with E-state index in [1.54, 1.807) is 18.2 Å². The number of alkyl halides is 11. The average molecular weight is 527 g/mol. The zero-order valence-corrected chi connectivity index (χ0v) is 18.4. The third-order valence-electron chi connectivity index (χ3n) is 2.88. The summed E-state index contributed by atoms with van der Waals surface area (Å²) in [5.74, 6) is 0. The topological polar surface area (TPSA) is 0 Å². The second-order valence-electron chi connectivity index (χ2n) is 4.18. The van der Waals surface area contributed by atoms with Crippen molar-refractivity contribution in [1.29, 1.82) is 0 Å². The van der Waals surface area contributed by atoms with Gasteiger partial charge in [0, 0.05) is 0 Å². The Morgan fingerprint density at radius 3 is 1.09 bits per heavy atom. The summed E-state index contributed by atoms with van der Waals surface area (Å²) < 4.78 is -9.59. The molecule has 0 heterocycles. The molecule has 0 saturated carbocycles. The van der Waals surface area contributed by atoms with Gasteiger partial charge in [-0.2, -0.15) is 0 Å². The third-order valence-corrected chi connectivity index (χ3v) is 6.44. The van der Waals surface area contributed by atoms with Crippen molar-refractivity contribution in [2.75, 3.05) is 0 Å². The van der Waals surface area contributed by atoms with E-state index in [1.165, 1.54) is 12.1 Å². The number of hydrogen-bond acceptors (Lipinski definition) is 0. The van der Waals surface area contributed by atoms with Crippen molar-refractivity contribution < 1.29 is 0 Å². The number of rotatable bonds is 2. The Labute approximate surface area is 183 Å². The number of halogens is 11. The van der Waals surface area contributed by atoms with Crippen LogP contribution in [0.4, 0.5) is 0 Å². The summed E-state index contributed by atoms with van der Waals surface area (Å²) in [6, 6.07) is 7.97. The van der Waals surface area contributed by atoms with Crippen LogP contribution >= 0.6 is 128 Å². The molecule has 0 aliphatic carbocycles. The molecule has 1 aromatic rings. The summed E-state index contributed by atoms with van der Waals surface area (Å²) in [4.78, 5) is 0. The maximum absolute atomic E-state index is 6.44. The van der Waals surface area contributed by atoms with Crippen LogP contribution in [-0.2, 0) is 4.33 Å². The molecule has 126 valence electrons. The SMILES string of the molecule is ClC(Cl)(Cl)C(C(Cl)(Cl)Cl)(C(Cl)(Cl)Cl)C(Cl)(Cl)c1ccccc1. The maximum atomic E-state index is 6.44. The second kappa shape index (κ2) is 7.20. The Morgan fingerprint density at radius 1 is 0.500 bits per heavy atom. The van der Waals surface area contributed by atoms with E-state index in [0.29, 0.717) is 0 Å². The van der Waals surface area contributed by atoms with Gasteiger partial charge in [-0.05, 0) is 5.56 Å². The highest BCUT2D eigenvalue weighted by Gasteiger charge is 2.79. The molecule has 0 nitrogen and oxygen atoms in total. The predicted molar refractivity (Wildman–Crippen MR) is 103 cm³/mol. The van der Waals surface area contributed by atoms with Crippen LogP contribution in [0.5, 0.6) is 0 Å². The van der Waals surface area contributed by atoms with Crippen molar-refractivity contribution in [2.24, 2.45) is 5.41 Å². The molecular weight excluding hydrogens is 522 g/mol. The summed E-state index contributed by atoms with van der Waals surface area (Å²) >= 11 is 67.0. The monoisotopic (exact) mass is 522 g/mol. The summed E-state index contributed by atoms with van der Waals surface area (Å²) in [7, 11) is 0. The van der Waals surface area contributed by atoms with E-state index in [9.17, 15) is 0 Å². The first kappa shape index (κ1) is 22.5. The van der Waals surface area contributed by atoms with Crippen molar-refractivity contribution in [3.8, 4) is 0 Å². The van der Waals surface area contributed by atoms with Crippen molar-refractivity contribution in [3.63, 3.8) is 0 Å². The lowest BCUT2D eigenvalue weighted by Crippen LogP contribution is -2.63. The highest BCUT2D eigenvalue weighted by molar-refractivity contribution is 6.79. The number of benzene rings is 1. The van der Waals surface area contributed by atoms with Crippen LogP contribution in [0.2, 0.25) is 0 Å². The molecule has 0 spiro atoms. The molecule has 0 saturated heterocycles. The van der Waals surface area contributed by atoms with Crippen LogP contribution < -0.4 is 0 Å². The van der Waals surface area contributed by atoms with E-state index < -0.39 is 21.1 Å². The molecule has 1 rings (SSSR count). The Hall–Kier alpha value is 2.41. The van der Waals surface area contributed by atoms with Gasteiger partial charge in [0.05, 0.1) is 0 Å². The first-order valence-electron chi connectivity index (χ1n) is 5.24. The molecule has 22 heavy (non-hydrogen) atoms. The van der Waals surface area contributed by atoms with Crippen LogP contribution in [-0.4, -0.2) is 11.4 Å². The third kappa shape index (κ3) is 3.74. The van der Waals surface area contributed by atoms with Gasteiger partial charge in [0.1, 0.15) is 5.41 Å². The molecule has 0 amide bonds. The zero-order valence-electron chi connectivity index (χ0n) is 10.0. The molecule has 0 fully saturated rings. The minimum Gasteiger partial charge on any atom is -0.0952 e. The molecular formula is C11H5Cl11. The van der Waals surface area contributed by atoms with Gasteiger partial charge in [0.2, 0.25) is 11.4 Å². The van der Waals surface area contributed by atoms with Crippen molar-refractivity contribution in [3.05, 3.63) is 35.9 Å². The van der Waals surface area contributed by atoms with E-state index in [0.717, 1.165) is 0 Å². The Kier molecular flexibility index (Phi) is 7.35. The Balaban J connectivity index is 3.87. The summed E-state index contributed by atoms with van der Waals surface area (Å²) in [5, 5.41) is 0. The molecule has 0 aromatic heterocycles. The normalized spacial score (nSPS) is 15.0. The highest BCUT2D eigenvalue weighted by atomic mass is 35.6. The predicted octanol–water partition coefficient (Wildman–Crippen LogP) is 8.41. The van der Waals surface area contributed by atoms with Crippen LogP contribution in [0.25, 0.3) is 0 Å². The first-order valence-corrected chi connectivity index (χ1v) is 9.40. The lowest BCUT2D eigenvalue weighted by atomic mass is 9.84. The first-order chi connectivity index (χ1) is 9.61. The summed E-state index contributed by atoms with van der Waals surface area (Å²) in [6.45, 7) is 0. The summed E-state index contributed by atoms with van der Waals surface area (Å²) in [5.41, 5.74) is -2.26. The van der Waals surface area contributed by atoms with Gasteiger partial charge in [0.25, 0.3) is 0 Å². The Bertz CT molecular complexity index is 470. The van der Waals surface area contributed by atoms with Gasteiger partial charge >= 0.3 is 0 Å². The molecule has 1 aromatic carbocycles. The lowest BCUT2D eigenvalue weighted by Gasteiger charge is -2.54. The van der Waals surface area contributed by atoms with Gasteiger partial charge in [-0.1, -0.05) is 158 Å². The van der Waals surface area contributed by atoms with Crippen LogP contribution in [0.15, 0.2) is 30.3 Å². The fourth-order valence-electron chi connectivity index (χ4n) is 1.88. The molecule has 11 heteroatoms. The standard InChI is InChI=1S/C11H5Cl11/c12-7(13,6-4-2-1-3-5-6)8(9(14,15)16,10(17,18)19)11(20,21)22/h1-5H. The lowest BCUT2D eigenvalue weighted by molar-refractivity contribution is 0.260. The van der Waals surface area contributed by atoms with E-state index in [4.69, 9.17) is 128 Å². The molecule has 0 atom stereocenters. The van der Waals surface area contributed by atoms with E-state index in [2.05, 4.69) is 0 Å². The average Bonchev–Trinajstić information content (AvgIpc) is 2.23. The highest BCUT2D eigenvalue weighted by Crippen LogP contribution is 2.76. The van der Waals surface area contributed by atoms with Gasteiger partial charge in [-0.3, -0.25) is 0 Å². The second-order valence-corrected chi connectivity index (χ2v) is 12.4.